The average molecular weight is 497 g/mol. The molecular formula is C25H24N2O7S. The molecular weight excluding hydrogens is 472 g/mol. The maximum atomic E-state index is 12.6. The second-order valence-corrected chi connectivity index (χ2v) is 10.0. The van der Waals surface area contributed by atoms with E-state index in [4.69, 9.17) is 9.15 Å². The van der Waals surface area contributed by atoms with E-state index in [2.05, 4.69) is 5.32 Å². The van der Waals surface area contributed by atoms with Crippen molar-refractivity contribution in [1.29, 1.82) is 0 Å². The zero-order valence-corrected chi connectivity index (χ0v) is 19.8. The first kappa shape index (κ1) is 24.4. The smallest absolute Gasteiger partial charge is 0.338 e. The minimum Gasteiger partial charge on any atom is -0.459 e. The van der Waals surface area contributed by atoms with Crippen LogP contribution in [0.5, 0.6) is 0 Å². The molecule has 0 unspecified atom stereocenters. The molecule has 10 heteroatoms. The third kappa shape index (κ3) is 5.50. The van der Waals surface area contributed by atoms with Gasteiger partial charge in [-0.3, -0.25) is 9.59 Å². The summed E-state index contributed by atoms with van der Waals surface area (Å²) < 4.78 is 36.9. The molecule has 0 atom stereocenters. The molecule has 4 rings (SSSR count). The summed E-state index contributed by atoms with van der Waals surface area (Å²) in [5.74, 6) is -1.54. The van der Waals surface area contributed by atoms with Crippen LogP contribution < -0.4 is 5.32 Å². The molecule has 1 N–H and O–H groups in total. The Bertz CT molecular complexity index is 1340. The molecule has 1 fully saturated rings. The number of ether oxygens (including phenoxy) is 1. The fourth-order valence-corrected chi connectivity index (χ4v) is 5.18. The summed E-state index contributed by atoms with van der Waals surface area (Å²) in [6.45, 7) is 2.24. The molecule has 0 saturated carbocycles. The molecule has 1 amide bonds. The van der Waals surface area contributed by atoms with Crippen LogP contribution in [0.15, 0.2) is 70.2 Å². The zero-order chi connectivity index (χ0) is 25.0. The van der Waals surface area contributed by atoms with Gasteiger partial charge in [0.25, 0.3) is 5.91 Å². The van der Waals surface area contributed by atoms with E-state index < -0.39 is 34.3 Å². The third-order valence-corrected chi connectivity index (χ3v) is 7.59. The number of nitrogens with zero attached hydrogens (tertiary/aromatic N) is 1. The van der Waals surface area contributed by atoms with Crippen LogP contribution in [0.25, 0.3) is 0 Å². The van der Waals surface area contributed by atoms with Gasteiger partial charge >= 0.3 is 5.97 Å². The van der Waals surface area contributed by atoms with E-state index in [1.165, 1.54) is 53.0 Å². The predicted octanol–water partition coefficient (Wildman–Crippen LogP) is 3.66. The summed E-state index contributed by atoms with van der Waals surface area (Å²) in [6, 6.07) is 13.3. The number of aryl methyl sites for hydroxylation is 1. The fourth-order valence-electron chi connectivity index (χ4n) is 3.66. The molecule has 2 aromatic carbocycles. The maximum absolute atomic E-state index is 12.6. The van der Waals surface area contributed by atoms with Gasteiger partial charge in [-0.15, -0.1) is 0 Å². The summed E-state index contributed by atoms with van der Waals surface area (Å²) in [4.78, 5) is 37.3. The van der Waals surface area contributed by atoms with E-state index >= 15 is 0 Å². The summed E-state index contributed by atoms with van der Waals surface area (Å²) in [5, 5.41) is 2.68. The molecule has 9 nitrogen and oxygen atoms in total. The Kier molecular flexibility index (Phi) is 7.13. The van der Waals surface area contributed by atoms with Crippen LogP contribution in [0.4, 0.5) is 5.69 Å². The van der Waals surface area contributed by atoms with Crippen LogP contribution in [-0.2, 0) is 14.8 Å². The van der Waals surface area contributed by atoms with Gasteiger partial charge in [-0.1, -0.05) is 6.07 Å². The number of Topliss-reactive ketones (excluding diaryl/α,β-unsaturated/α-hetero) is 1. The predicted molar refractivity (Wildman–Crippen MR) is 127 cm³/mol. The van der Waals surface area contributed by atoms with E-state index in [1.54, 1.807) is 19.1 Å². The number of carbonyl (C=O) groups excluding carboxylic acids is 3. The van der Waals surface area contributed by atoms with Crippen LogP contribution in [0.1, 0.15) is 49.7 Å². The van der Waals surface area contributed by atoms with Crippen LogP contribution >= 0.6 is 0 Å². The molecule has 2 heterocycles. The highest BCUT2D eigenvalue weighted by molar-refractivity contribution is 7.89. The van der Waals surface area contributed by atoms with Crippen molar-refractivity contribution in [2.75, 3.05) is 25.0 Å². The number of nitrogens with one attached hydrogen (secondary N) is 1. The van der Waals surface area contributed by atoms with Crippen LogP contribution in [0, 0.1) is 6.92 Å². The molecule has 1 aromatic heterocycles. The molecule has 3 aromatic rings. The average Bonchev–Trinajstić information content (AvgIpc) is 3.59. The van der Waals surface area contributed by atoms with Crippen molar-refractivity contribution in [2.24, 2.45) is 0 Å². The first-order valence-electron chi connectivity index (χ1n) is 11.0. The van der Waals surface area contributed by atoms with Gasteiger partial charge in [0.05, 0.1) is 16.7 Å². The summed E-state index contributed by atoms with van der Waals surface area (Å²) >= 11 is 0. The second kappa shape index (κ2) is 10.2. The molecule has 182 valence electrons. The van der Waals surface area contributed by atoms with E-state index in [0.29, 0.717) is 18.8 Å². The molecule has 35 heavy (non-hydrogen) atoms. The minimum absolute atomic E-state index is 0.122. The zero-order valence-electron chi connectivity index (χ0n) is 19.0. The van der Waals surface area contributed by atoms with Gasteiger partial charge in [0.15, 0.2) is 18.2 Å². The van der Waals surface area contributed by atoms with Crippen molar-refractivity contribution < 1.29 is 32.0 Å². The monoisotopic (exact) mass is 496 g/mol. The van der Waals surface area contributed by atoms with E-state index in [0.717, 1.165) is 18.4 Å². The normalized spacial score (nSPS) is 14.0. The Morgan fingerprint density at radius 1 is 1.00 bits per heavy atom. The summed E-state index contributed by atoms with van der Waals surface area (Å²) in [6.07, 6.45) is 3.05. The highest BCUT2D eigenvalue weighted by atomic mass is 32.2. The highest BCUT2D eigenvalue weighted by Crippen LogP contribution is 2.22. The van der Waals surface area contributed by atoms with Crippen molar-refractivity contribution in [1.82, 2.24) is 4.31 Å². The number of benzene rings is 2. The standard InChI is InChI=1S/C25H24N2O7S/c1-17-6-7-19(15-21(17)26-24(29)23-5-4-14-33-23)25(30)34-16-22(28)18-8-10-20(11-9-18)35(31,32)27-12-2-3-13-27/h4-11,14-15H,2-3,12-13,16H2,1H3,(H,26,29). The SMILES string of the molecule is Cc1ccc(C(=O)OCC(=O)c2ccc(S(=O)(=O)N3CCCC3)cc2)cc1NC(=O)c1ccco1. The Balaban J connectivity index is 1.37. The molecule has 1 aliphatic heterocycles. The Labute approximate surface area is 202 Å². The molecule has 1 aliphatic rings. The van der Waals surface area contributed by atoms with Crippen molar-refractivity contribution in [3.8, 4) is 0 Å². The number of anilines is 1. The number of hydrogen-bond donors (Lipinski definition) is 1. The first-order chi connectivity index (χ1) is 16.8. The van der Waals surface area contributed by atoms with Crippen molar-refractivity contribution in [3.05, 3.63) is 83.3 Å². The number of hydrogen-bond acceptors (Lipinski definition) is 7. The number of carbonyl (C=O) groups is 3. The van der Waals surface area contributed by atoms with Gasteiger partial charge in [-0.05, 0) is 73.9 Å². The number of rotatable bonds is 8. The molecule has 0 aliphatic carbocycles. The molecule has 0 bridgehead atoms. The van der Waals surface area contributed by atoms with Crippen LogP contribution in [0.3, 0.4) is 0 Å². The Morgan fingerprint density at radius 2 is 1.69 bits per heavy atom. The Morgan fingerprint density at radius 3 is 2.34 bits per heavy atom. The highest BCUT2D eigenvalue weighted by Gasteiger charge is 2.27. The van der Waals surface area contributed by atoms with E-state index in [-0.39, 0.29) is 21.8 Å². The summed E-state index contributed by atoms with van der Waals surface area (Å²) in [7, 11) is -3.57. The molecule has 0 spiro atoms. The van der Waals surface area contributed by atoms with Crippen molar-refractivity contribution >= 4 is 33.4 Å². The topological polar surface area (TPSA) is 123 Å². The van der Waals surface area contributed by atoms with E-state index in [1.807, 2.05) is 0 Å². The first-order valence-corrected chi connectivity index (χ1v) is 12.5. The van der Waals surface area contributed by atoms with Gasteiger partial charge < -0.3 is 14.5 Å². The lowest BCUT2D eigenvalue weighted by Crippen LogP contribution is -2.27. The number of ketones is 1. The molecule has 1 saturated heterocycles. The number of furan rings is 1. The van der Waals surface area contributed by atoms with Gasteiger partial charge in [0.2, 0.25) is 10.0 Å². The van der Waals surface area contributed by atoms with Crippen molar-refractivity contribution in [3.63, 3.8) is 0 Å². The van der Waals surface area contributed by atoms with Gasteiger partial charge in [-0.2, -0.15) is 4.31 Å². The second-order valence-electron chi connectivity index (χ2n) is 8.10. The lowest BCUT2D eigenvalue weighted by molar-refractivity contribution is 0.0474. The third-order valence-electron chi connectivity index (χ3n) is 5.68. The Hall–Kier alpha value is -3.76. The summed E-state index contributed by atoms with van der Waals surface area (Å²) in [5.41, 5.74) is 1.52. The molecule has 0 radical (unpaired) electrons. The maximum Gasteiger partial charge on any atom is 0.338 e. The number of amides is 1. The van der Waals surface area contributed by atoms with Gasteiger partial charge in [0, 0.05) is 24.3 Å². The van der Waals surface area contributed by atoms with Crippen LogP contribution in [-0.4, -0.2) is 50.1 Å². The quantitative estimate of drug-likeness (QED) is 0.373. The lowest BCUT2D eigenvalue weighted by Gasteiger charge is -2.15. The lowest BCUT2D eigenvalue weighted by atomic mass is 10.1. The largest absolute Gasteiger partial charge is 0.459 e. The van der Waals surface area contributed by atoms with Crippen LogP contribution in [0.2, 0.25) is 0 Å². The number of esters is 1. The van der Waals surface area contributed by atoms with Crippen molar-refractivity contribution in [2.45, 2.75) is 24.7 Å². The van der Waals surface area contributed by atoms with Gasteiger partial charge in [-0.25, -0.2) is 13.2 Å². The minimum atomic E-state index is -3.57. The number of sulfonamides is 1. The van der Waals surface area contributed by atoms with Gasteiger partial charge in [0.1, 0.15) is 0 Å². The fraction of sp³-hybridized carbons (Fsp3) is 0.240. The van der Waals surface area contributed by atoms with E-state index in [9.17, 15) is 22.8 Å².